The Morgan fingerprint density at radius 3 is 2.25 bits per heavy atom. The smallest absolute Gasteiger partial charge is 0.365 e. The first-order valence-electron chi connectivity index (χ1n) is 3.29. The molecule has 0 saturated heterocycles. The second-order valence-electron chi connectivity index (χ2n) is 3.10. The van der Waals surface area contributed by atoms with Crippen LogP contribution < -0.4 is 5.48 Å². The van der Waals surface area contributed by atoms with Crippen molar-refractivity contribution in [3.63, 3.8) is 0 Å². The molecule has 0 aliphatic rings. The van der Waals surface area contributed by atoms with Gasteiger partial charge >= 0.3 is 5.97 Å². The molecule has 0 bridgehead atoms. The number of hydroxylamine groups is 1. The first kappa shape index (κ1) is 10.7. The van der Waals surface area contributed by atoms with Crippen LogP contribution in [0.2, 0.25) is 0 Å². The fourth-order valence-corrected chi connectivity index (χ4v) is 0.312. The monoisotopic (exact) mass is 173 g/mol. The van der Waals surface area contributed by atoms with Crippen molar-refractivity contribution in [1.29, 1.82) is 0 Å². The van der Waals surface area contributed by atoms with E-state index in [0.29, 0.717) is 0 Å². The Hall–Kier alpha value is -1.32. The van der Waals surface area contributed by atoms with Gasteiger partial charge in [0.1, 0.15) is 0 Å². The van der Waals surface area contributed by atoms with Gasteiger partial charge in [-0.15, -0.1) is 0 Å². The number of rotatable bonds is 3. The summed E-state index contributed by atoms with van der Waals surface area (Å²) < 4.78 is 0. The topological polar surface area (TPSA) is 75.6 Å². The van der Waals surface area contributed by atoms with Crippen LogP contribution in [0.5, 0.6) is 0 Å². The van der Waals surface area contributed by atoms with E-state index >= 15 is 0 Å². The van der Waals surface area contributed by atoms with E-state index in [4.69, 9.17) is 9.94 Å². The van der Waals surface area contributed by atoms with Crippen molar-refractivity contribution in [2.75, 3.05) is 0 Å². The fraction of sp³-hybridized carbons (Fsp3) is 0.571. The van der Waals surface area contributed by atoms with E-state index in [-0.39, 0.29) is 0 Å². The highest BCUT2D eigenvalue weighted by atomic mass is 16.7. The lowest BCUT2D eigenvalue weighted by Crippen LogP contribution is -2.31. The molecule has 5 heteroatoms. The summed E-state index contributed by atoms with van der Waals surface area (Å²) in [5.74, 6) is -0.189. The molecule has 0 unspecified atom stereocenters. The van der Waals surface area contributed by atoms with Gasteiger partial charge in [0.25, 0.3) is 0 Å². The molecule has 0 aliphatic heterocycles. The zero-order valence-electron chi connectivity index (χ0n) is 7.17. The molecule has 0 atom stereocenters. The first-order valence-corrected chi connectivity index (χ1v) is 3.29. The van der Waals surface area contributed by atoms with Crippen molar-refractivity contribution >= 4 is 11.9 Å². The third-order valence-electron chi connectivity index (χ3n) is 0.775. The molecule has 0 saturated carbocycles. The van der Waals surface area contributed by atoms with Crippen LogP contribution in [-0.4, -0.2) is 22.6 Å². The maximum atomic E-state index is 10.2. The van der Waals surface area contributed by atoms with Gasteiger partial charge in [0.15, 0.2) is 5.94 Å². The molecule has 0 aromatic rings. The minimum atomic E-state index is -1.39. The van der Waals surface area contributed by atoms with Gasteiger partial charge in [-0.1, -0.05) is 0 Å². The predicted molar refractivity (Wildman–Crippen MR) is 40.8 cm³/mol. The van der Waals surface area contributed by atoms with Gasteiger partial charge in [-0.3, -0.25) is 4.84 Å². The van der Waals surface area contributed by atoms with Gasteiger partial charge in [-0.2, -0.15) is 0 Å². The van der Waals surface area contributed by atoms with Crippen molar-refractivity contribution < 1.29 is 19.5 Å². The largest absolute Gasteiger partial charge is 0.476 e. The predicted octanol–water partition coefficient (Wildman–Crippen LogP) is 0.106. The van der Waals surface area contributed by atoms with Crippen LogP contribution in [-0.2, 0) is 14.4 Å². The van der Waals surface area contributed by atoms with Crippen molar-refractivity contribution in [2.24, 2.45) is 0 Å². The van der Waals surface area contributed by atoms with Crippen LogP contribution in [0.25, 0.3) is 0 Å². The molecule has 0 aromatic heterocycles. The zero-order valence-corrected chi connectivity index (χ0v) is 7.17. The lowest BCUT2D eigenvalue weighted by Gasteiger charge is -2.18. The molecule has 0 aromatic carbocycles. The van der Waals surface area contributed by atoms with Gasteiger partial charge < -0.3 is 5.11 Å². The van der Waals surface area contributed by atoms with E-state index in [1.165, 1.54) is 5.94 Å². The number of carbonyl (C=O) groups excluding carboxylic acids is 1. The highest BCUT2D eigenvalue weighted by molar-refractivity contribution is 5.94. The lowest BCUT2D eigenvalue weighted by atomic mass is 10.2. The van der Waals surface area contributed by atoms with E-state index in [0.717, 1.165) is 0 Å². The van der Waals surface area contributed by atoms with Gasteiger partial charge in [0.05, 0.1) is 5.60 Å². The van der Waals surface area contributed by atoms with E-state index in [9.17, 15) is 9.59 Å². The third kappa shape index (κ3) is 4.49. The Labute approximate surface area is 70.0 Å². The van der Waals surface area contributed by atoms with Crippen molar-refractivity contribution in [1.82, 2.24) is 5.48 Å². The van der Waals surface area contributed by atoms with Crippen LogP contribution in [0.15, 0.2) is 5.70 Å². The molecule has 5 nitrogen and oxygen atoms in total. The summed E-state index contributed by atoms with van der Waals surface area (Å²) in [7, 11) is 0. The number of hydrogen-bond donors (Lipinski definition) is 2. The molecular weight excluding hydrogens is 162 g/mol. The van der Waals surface area contributed by atoms with Gasteiger partial charge in [-0.25, -0.2) is 15.1 Å². The van der Waals surface area contributed by atoms with E-state index in [1.807, 2.05) is 5.48 Å². The standard InChI is InChI=1S/C7H11NO4/c1-7(2,3)12-8-5(4-9)6(10)11/h8H,1-3H3,(H,10,11). The van der Waals surface area contributed by atoms with E-state index in [1.54, 1.807) is 20.8 Å². The Balaban J connectivity index is 4.10. The molecule has 12 heavy (non-hydrogen) atoms. The Morgan fingerprint density at radius 2 is 2.00 bits per heavy atom. The maximum Gasteiger partial charge on any atom is 0.365 e. The van der Waals surface area contributed by atoms with Crippen LogP contribution in [0.1, 0.15) is 20.8 Å². The highest BCUT2D eigenvalue weighted by Crippen LogP contribution is 2.04. The number of carboxylic acids is 1. The lowest BCUT2D eigenvalue weighted by molar-refractivity contribution is -0.136. The number of hydrogen-bond acceptors (Lipinski definition) is 4. The Kier molecular flexibility index (Phi) is 3.47. The average Bonchev–Trinajstić information content (AvgIpc) is 1.85. The summed E-state index contributed by atoms with van der Waals surface area (Å²) in [6.07, 6.45) is 0. The summed E-state index contributed by atoms with van der Waals surface area (Å²) in [4.78, 5) is 25.0. The fourth-order valence-electron chi connectivity index (χ4n) is 0.312. The van der Waals surface area contributed by atoms with Gasteiger partial charge in [-0.05, 0) is 20.8 Å². The van der Waals surface area contributed by atoms with Crippen LogP contribution in [0.3, 0.4) is 0 Å². The maximum absolute atomic E-state index is 10.2. The third-order valence-corrected chi connectivity index (χ3v) is 0.775. The molecule has 0 spiro atoms. The van der Waals surface area contributed by atoms with E-state index in [2.05, 4.69) is 0 Å². The van der Waals surface area contributed by atoms with Crippen LogP contribution in [0.4, 0.5) is 0 Å². The molecule has 0 radical (unpaired) electrons. The van der Waals surface area contributed by atoms with Crippen molar-refractivity contribution in [2.45, 2.75) is 26.4 Å². The van der Waals surface area contributed by atoms with Crippen molar-refractivity contribution in [3.8, 4) is 0 Å². The molecule has 0 aliphatic carbocycles. The number of nitrogens with one attached hydrogen (secondary N) is 1. The minimum absolute atomic E-state index is 0.558. The van der Waals surface area contributed by atoms with Gasteiger partial charge in [0, 0.05) is 0 Å². The van der Waals surface area contributed by atoms with E-state index < -0.39 is 17.3 Å². The summed E-state index contributed by atoms with van der Waals surface area (Å²) >= 11 is 0. The second-order valence-corrected chi connectivity index (χ2v) is 3.10. The molecule has 2 N–H and O–H groups in total. The summed E-state index contributed by atoms with van der Waals surface area (Å²) in [6.45, 7) is 5.14. The molecule has 0 amide bonds. The SMILES string of the molecule is CC(C)(C)ONC(=C=O)C(=O)O. The number of carboxylic acid groups (broad SMARTS) is 1. The molecule has 0 rings (SSSR count). The first-order chi connectivity index (χ1) is 5.37. The quantitative estimate of drug-likeness (QED) is 0.360. The molecule has 0 fully saturated rings. The summed E-state index contributed by atoms with van der Waals surface area (Å²) in [5, 5.41) is 8.33. The average molecular weight is 173 g/mol. The molecule has 68 valence electrons. The van der Waals surface area contributed by atoms with Crippen LogP contribution >= 0.6 is 0 Å². The van der Waals surface area contributed by atoms with Crippen molar-refractivity contribution in [3.05, 3.63) is 5.70 Å². The summed E-state index contributed by atoms with van der Waals surface area (Å²) in [6, 6.07) is 0. The number of aliphatic carboxylic acids is 1. The molecular formula is C7H11NO4. The Morgan fingerprint density at radius 1 is 1.50 bits per heavy atom. The zero-order chi connectivity index (χ0) is 9.78. The summed E-state index contributed by atoms with van der Waals surface area (Å²) in [5.41, 5.74) is 0.810. The Bertz CT molecular complexity index is 222. The molecule has 0 heterocycles. The highest BCUT2D eigenvalue weighted by Gasteiger charge is 2.14. The minimum Gasteiger partial charge on any atom is -0.476 e. The second kappa shape index (κ2) is 3.90. The number of carbonyl (C=O) groups is 1. The van der Waals surface area contributed by atoms with Gasteiger partial charge in [0.2, 0.25) is 5.70 Å². The van der Waals surface area contributed by atoms with Crippen LogP contribution in [0, 0.1) is 0 Å². The normalized spacial score (nSPS) is 10.2.